The van der Waals surface area contributed by atoms with Gasteiger partial charge in [-0.2, -0.15) is 0 Å². The van der Waals surface area contributed by atoms with Crippen molar-refractivity contribution in [3.63, 3.8) is 0 Å². The fourth-order valence-electron chi connectivity index (χ4n) is 3.66. The van der Waals surface area contributed by atoms with Crippen molar-refractivity contribution < 1.29 is 4.74 Å². The zero-order valence-corrected chi connectivity index (χ0v) is 12.5. The van der Waals surface area contributed by atoms with E-state index in [0.717, 1.165) is 18.8 Å². The minimum Gasteiger partial charge on any atom is -0.370 e. The molecule has 20 heavy (non-hydrogen) atoms. The number of hydrogen-bond donors (Lipinski definition) is 1. The van der Waals surface area contributed by atoms with Crippen LogP contribution in [0.2, 0.25) is 0 Å². The standard InChI is InChI=1S/C17H26N2O/c1-14-6-5-11-19-16(14)13-18-12-15-7-10-17(20-15)8-3-2-4-9-17/h5-6,11,15,18H,2-4,7-10,12-13H2,1H3. The third kappa shape index (κ3) is 3.21. The second kappa shape index (κ2) is 6.23. The molecule has 2 fully saturated rings. The van der Waals surface area contributed by atoms with E-state index in [0.29, 0.717) is 6.10 Å². The molecule has 2 heterocycles. The summed E-state index contributed by atoms with van der Waals surface area (Å²) in [6.45, 7) is 3.92. The number of nitrogens with one attached hydrogen (secondary N) is 1. The van der Waals surface area contributed by atoms with Crippen molar-refractivity contribution in [1.29, 1.82) is 0 Å². The summed E-state index contributed by atoms with van der Waals surface area (Å²) >= 11 is 0. The molecule has 3 heteroatoms. The minimum atomic E-state index is 0.242. The van der Waals surface area contributed by atoms with E-state index in [2.05, 4.69) is 23.3 Å². The van der Waals surface area contributed by atoms with Crippen molar-refractivity contribution >= 4 is 0 Å². The lowest BCUT2D eigenvalue weighted by atomic mass is 9.83. The molecule has 2 aliphatic rings. The molecule has 1 saturated carbocycles. The zero-order chi connectivity index (χ0) is 13.8. The Labute approximate surface area is 122 Å². The number of pyridine rings is 1. The SMILES string of the molecule is Cc1cccnc1CNCC1CCC2(CCCCC2)O1. The van der Waals surface area contributed by atoms with Crippen LogP contribution in [0.1, 0.15) is 56.2 Å². The Hall–Kier alpha value is -0.930. The van der Waals surface area contributed by atoms with Gasteiger partial charge in [-0.1, -0.05) is 25.3 Å². The van der Waals surface area contributed by atoms with Gasteiger partial charge in [0.1, 0.15) is 0 Å². The van der Waals surface area contributed by atoms with Gasteiger partial charge in [0, 0.05) is 19.3 Å². The van der Waals surface area contributed by atoms with Crippen LogP contribution in [0.3, 0.4) is 0 Å². The van der Waals surface area contributed by atoms with Gasteiger partial charge in [0.05, 0.1) is 17.4 Å². The Morgan fingerprint density at radius 1 is 1.30 bits per heavy atom. The van der Waals surface area contributed by atoms with E-state index >= 15 is 0 Å². The fraction of sp³-hybridized carbons (Fsp3) is 0.706. The van der Waals surface area contributed by atoms with Crippen molar-refractivity contribution in [2.45, 2.75) is 70.1 Å². The quantitative estimate of drug-likeness (QED) is 0.914. The summed E-state index contributed by atoms with van der Waals surface area (Å²) in [7, 11) is 0. The summed E-state index contributed by atoms with van der Waals surface area (Å²) < 4.78 is 6.38. The van der Waals surface area contributed by atoms with Crippen LogP contribution < -0.4 is 5.32 Å². The number of aromatic nitrogens is 1. The monoisotopic (exact) mass is 274 g/mol. The lowest BCUT2D eigenvalue weighted by molar-refractivity contribution is -0.0624. The van der Waals surface area contributed by atoms with Gasteiger partial charge in [0.2, 0.25) is 0 Å². The molecule has 1 aromatic heterocycles. The van der Waals surface area contributed by atoms with Crippen LogP contribution >= 0.6 is 0 Å². The highest BCUT2D eigenvalue weighted by Gasteiger charge is 2.40. The van der Waals surface area contributed by atoms with E-state index < -0.39 is 0 Å². The van der Waals surface area contributed by atoms with Crippen molar-refractivity contribution in [3.8, 4) is 0 Å². The van der Waals surface area contributed by atoms with E-state index in [1.165, 1.54) is 50.5 Å². The first-order valence-electron chi connectivity index (χ1n) is 8.06. The molecule has 1 unspecified atom stereocenters. The van der Waals surface area contributed by atoms with Crippen molar-refractivity contribution in [2.75, 3.05) is 6.54 Å². The van der Waals surface area contributed by atoms with E-state index in [1.807, 2.05) is 12.3 Å². The van der Waals surface area contributed by atoms with Gasteiger partial charge >= 0.3 is 0 Å². The molecule has 1 aromatic rings. The number of rotatable bonds is 4. The van der Waals surface area contributed by atoms with Gasteiger partial charge in [-0.15, -0.1) is 0 Å². The number of hydrogen-bond acceptors (Lipinski definition) is 3. The number of nitrogens with zero attached hydrogens (tertiary/aromatic N) is 1. The van der Waals surface area contributed by atoms with Gasteiger partial charge in [-0.3, -0.25) is 4.98 Å². The van der Waals surface area contributed by atoms with Crippen LogP contribution in [0.4, 0.5) is 0 Å². The maximum Gasteiger partial charge on any atom is 0.0708 e. The van der Waals surface area contributed by atoms with Gasteiger partial charge < -0.3 is 10.1 Å². The average molecular weight is 274 g/mol. The molecule has 1 N–H and O–H groups in total. The molecule has 0 radical (unpaired) electrons. The third-order valence-electron chi connectivity index (χ3n) is 4.89. The number of aryl methyl sites for hydroxylation is 1. The lowest BCUT2D eigenvalue weighted by Crippen LogP contribution is -2.34. The van der Waals surface area contributed by atoms with Crippen LogP contribution in [0.25, 0.3) is 0 Å². The highest BCUT2D eigenvalue weighted by molar-refractivity contribution is 5.17. The lowest BCUT2D eigenvalue weighted by Gasteiger charge is -2.33. The number of ether oxygens (including phenoxy) is 1. The molecule has 1 aliphatic carbocycles. The largest absolute Gasteiger partial charge is 0.370 e. The molecule has 1 aliphatic heterocycles. The van der Waals surface area contributed by atoms with E-state index in [-0.39, 0.29) is 5.60 Å². The predicted molar refractivity (Wildman–Crippen MR) is 80.6 cm³/mol. The maximum absolute atomic E-state index is 6.38. The summed E-state index contributed by atoms with van der Waals surface area (Å²) in [4.78, 5) is 4.42. The van der Waals surface area contributed by atoms with Crippen LogP contribution in [0.15, 0.2) is 18.3 Å². The van der Waals surface area contributed by atoms with Gasteiger partial charge in [-0.05, 0) is 44.2 Å². The Morgan fingerprint density at radius 2 is 2.15 bits per heavy atom. The topological polar surface area (TPSA) is 34.2 Å². The highest BCUT2D eigenvalue weighted by atomic mass is 16.5. The summed E-state index contributed by atoms with van der Waals surface area (Å²) in [5.41, 5.74) is 2.65. The van der Waals surface area contributed by atoms with Crippen LogP contribution in [-0.4, -0.2) is 23.2 Å². The molecule has 0 amide bonds. The zero-order valence-electron chi connectivity index (χ0n) is 12.5. The fourth-order valence-corrected chi connectivity index (χ4v) is 3.66. The van der Waals surface area contributed by atoms with Gasteiger partial charge in [-0.25, -0.2) is 0 Å². The van der Waals surface area contributed by atoms with Crippen LogP contribution in [0, 0.1) is 6.92 Å². The van der Waals surface area contributed by atoms with Crippen LogP contribution in [0.5, 0.6) is 0 Å². The molecule has 0 bridgehead atoms. The third-order valence-corrected chi connectivity index (χ3v) is 4.89. The summed E-state index contributed by atoms with van der Waals surface area (Å²) in [5, 5.41) is 3.52. The second-order valence-corrected chi connectivity index (χ2v) is 6.42. The molecule has 1 saturated heterocycles. The van der Waals surface area contributed by atoms with E-state index in [4.69, 9.17) is 4.74 Å². The smallest absolute Gasteiger partial charge is 0.0708 e. The highest BCUT2D eigenvalue weighted by Crippen LogP contribution is 2.41. The van der Waals surface area contributed by atoms with Gasteiger partial charge in [0.15, 0.2) is 0 Å². The Bertz CT molecular complexity index is 440. The average Bonchev–Trinajstić information content (AvgIpc) is 2.85. The van der Waals surface area contributed by atoms with E-state index in [9.17, 15) is 0 Å². The molecule has 110 valence electrons. The summed E-state index contributed by atoms with van der Waals surface area (Å²) in [5.74, 6) is 0. The Balaban J connectivity index is 1.45. The molecule has 3 rings (SSSR count). The predicted octanol–water partition coefficient (Wildman–Crippen LogP) is 3.36. The normalized spacial score (nSPS) is 25.1. The van der Waals surface area contributed by atoms with Crippen molar-refractivity contribution in [1.82, 2.24) is 10.3 Å². The first kappa shape index (κ1) is 14.0. The molecular weight excluding hydrogens is 248 g/mol. The van der Waals surface area contributed by atoms with Crippen molar-refractivity contribution in [2.24, 2.45) is 0 Å². The van der Waals surface area contributed by atoms with Crippen LogP contribution in [-0.2, 0) is 11.3 Å². The second-order valence-electron chi connectivity index (χ2n) is 6.42. The first-order chi connectivity index (χ1) is 9.77. The summed E-state index contributed by atoms with van der Waals surface area (Å²) in [6, 6.07) is 4.11. The van der Waals surface area contributed by atoms with E-state index in [1.54, 1.807) is 0 Å². The Morgan fingerprint density at radius 3 is 2.95 bits per heavy atom. The van der Waals surface area contributed by atoms with Gasteiger partial charge in [0.25, 0.3) is 0 Å². The molecular formula is C17H26N2O. The first-order valence-corrected chi connectivity index (χ1v) is 8.06. The maximum atomic E-state index is 6.38. The molecule has 0 aromatic carbocycles. The molecule has 3 nitrogen and oxygen atoms in total. The minimum absolute atomic E-state index is 0.242. The van der Waals surface area contributed by atoms with Crippen molar-refractivity contribution in [3.05, 3.63) is 29.6 Å². The molecule has 1 atom stereocenters. The summed E-state index contributed by atoms with van der Waals surface area (Å²) in [6.07, 6.45) is 11.4. The Kier molecular flexibility index (Phi) is 4.37. The molecule has 1 spiro atoms.